The molecule has 0 bridgehead atoms. The highest BCUT2D eigenvalue weighted by Gasteiger charge is 2.13. The predicted molar refractivity (Wildman–Crippen MR) is 90.2 cm³/mol. The maximum atomic E-state index is 13.2. The third kappa shape index (κ3) is 3.14. The molecule has 0 saturated heterocycles. The van der Waals surface area contributed by atoms with Gasteiger partial charge in [-0.15, -0.1) is 0 Å². The number of benzene rings is 2. The first-order valence-electron chi connectivity index (χ1n) is 7.18. The molecule has 122 valence electrons. The minimum Gasteiger partial charge on any atom is -0.273 e. The van der Waals surface area contributed by atoms with Gasteiger partial charge in [0.05, 0.1) is 22.3 Å². The summed E-state index contributed by atoms with van der Waals surface area (Å²) in [6.07, 6.45) is -0.0583. The second-order valence-corrected chi connectivity index (χ2v) is 5.68. The lowest BCUT2D eigenvalue weighted by atomic mass is 10.1. The third-order valence-electron chi connectivity index (χ3n) is 3.51. The van der Waals surface area contributed by atoms with E-state index < -0.39 is 17.3 Å². The smallest absolute Gasteiger partial charge is 0.273 e. The number of aromatic nitrogens is 2. The Hall–Kier alpha value is -2.73. The van der Waals surface area contributed by atoms with Crippen molar-refractivity contribution in [3.63, 3.8) is 0 Å². The maximum Gasteiger partial charge on any atom is 0.280 e. The van der Waals surface area contributed by atoms with E-state index in [2.05, 4.69) is 10.4 Å². The van der Waals surface area contributed by atoms with Crippen LogP contribution in [0, 0.1) is 12.7 Å². The van der Waals surface area contributed by atoms with Gasteiger partial charge in [-0.1, -0.05) is 29.8 Å². The summed E-state index contributed by atoms with van der Waals surface area (Å²) in [6.45, 7) is 1.59. The molecule has 0 fully saturated rings. The van der Waals surface area contributed by atoms with Crippen LogP contribution in [0.3, 0.4) is 0 Å². The van der Waals surface area contributed by atoms with Crippen molar-refractivity contribution in [3.05, 3.63) is 75.0 Å². The zero-order valence-electron chi connectivity index (χ0n) is 12.7. The lowest BCUT2D eigenvalue weighted by molar-refractivity contribution is -0.116. The first-order chi connectivity index (χ1) is 11.5. The number of nitrogens with one attached hydrogen (secondary N) is 1. The Morgan fingerprint density at radius 3 is 2.79 bits per heavy atom. The van der Waals surface area contributed by atoms with Gasteiger partial charge in [0.1, 0.15) is 11.6 Å². The van der Waals surface area contributed by atoms with Crippen LogP contribution < -0.4 is 11.0 Å². The summed E-state index contributed by atoms with van der Waals surface area (Å²) in [5, 5.41) is 0.671. The van der Waals surface area contributed by atoms with Crippen LogP contribution in [0.2, 0.25) is 5.02 Å². The summed E-state index contributed by atoms with van der Waals surface area (Å²) < 4.78 is 14.2. The number of aryl methyl sites for hydroxylation is 1. The van der Waals surface area contributed by atoms with Crippen molar-refractivity contribution in [1.29, 1.82) is 0 Å². The quantitative estimate of drug-likeness (QED) is 0.794. The molecule has 1 aromatic heterocycles. The SMILES string of the molecule is Cc1nc2c(Cl)cccc2c(=O)n1NC(=O)Cc1cccc(F)c1. The van der Waals surface area contributed by atoms with Gasteiger partial charge < -0.3 is 0 Å². The number of halogens is 2. The second kappa shape index (κ2) is 6.41. The molecule has 1 N–H and O–H groups in total. The van der Waals surface area contributed by atoms with E-state index in [9.17, 15) is 14.0 Å². The topological polar surface area (TPSA) is 64.0 Å². The Bertz CT molecular complexity index is 1000. The standard InChI is InChI=1S/C17H13ClFN3O2/c1-10-20-16-13(6-3-7-14(16)18)17(24)22(10)21-15(23)9-11-4-2-5-12(19)8-11/h2-8H,9H2,1H3,(H,21,23). The van der Waals surface area contributed by atoms with Gasteiger partial charge in [0.2, 0.25) is 5.91 Å². The third-order valence-corrected chi connectivity index (χ3v) is 3.81. The van der Waals surface area contributed by atoms with Gasteiger partial charge >= 0.3 is 0 Å². The molecule has 0 saturated carbocycles. The van der Waals surface area contributed by atoms with E-state index in [0.717, 1.165) is 4.68 Å². The number of hydrogen-bond donors (Lipinski definition) is 1. The molecule has 0 unspecified atom stereocenters. The molecule has 1 heterocycles. The van der Waals surface area contributed by atoms with Gasteiger partial charge in [-0.25, -0.2) is 14.1 Å². The Morgan fingerprint density at radius 2 is 2.04 bits per heavy atom. The van der Waals surface area contributed by atoms with Crippen molar-refractivity contribution in [2.75, 3.05) is 5.43 Å². The highest BCUT2D eigenvalue weighted by Crippen LogP contribution is 2.18. The largest absolute Gasteiger partial charge is 0.280 e. The molecule has 0 aliphatic heterocycles. The second-order valence-electron chi connectivity index (χ2n) is 5.28. The van der Waals surface area contributed by atoms with Crippen LogP contribution in [0.15, 0.2) is 47.3 Å². The predicted octanol–water partition coefficient (Wildman–Crippen LogP) is 2.81. The van der Waals surface area contributed by atoms with Crippen molar-refractivity contribution >= 4 is 28.4 Å². The lowest BCUT2D eigenvalue weighted by Gasteiger charge is -2.12. The summed E-state index contributed by atoms with van der Waals surface area (Å²) in [7, 11) is 0. The number of nitrogens with zero attached hydrogens (tertiary/aromatic N) is 2. The van der Waals surface area contributed by atoms with Crippen LogP contribution >= 0.6 is 11.6 Å². The molecule has 0 spiro atoms. The van der Waals surface area contributed by atoms with Crippen molar-refractivity contribution in [2.45, 2.75) is 13.3 Å². The molecular weight excluding hydrogens is 333 g/mol. The average molecular weight is 346 g/mol. The number of carbonyl (C=O) groups is 1. The van der Waals surface area contributed by atoms with E-state index >= 15 is 0 Å². The Morgan fingerprint density at radius 1 is 1.29 bits per heavy atom. The number of hydrogen-bond acceptors (Lipinski definition) is 3. The highest BCUT2D eigenvalue weighted by molar-refractivity contribution is 6.34. The minimum atomic E-state index is -0.450. The molecule has 0 atom stereocenters. The van der Waals surface area contributed by atoms with Gasteiger partial charge in [-0.05, 0) is 36.8 Å². The number of amides is 1. The fourth-order valence-electron chi connectivity index (χ4n) is 2.41. The zero-order chi connectivity index (χ0) is 17.3. The van der Waals surface area contributed by atoms with Crippen LogP contribution in [0.25, 0.3) is 10.9 Å². The minimum absolute atomic E-state index is 0.0583. The molecular formula is C17H13ClFN3O2. The van der Waals surface area contributed by atoms with Gasteiger partial charge in [0.25, 0.3) is 5.56 Å². The summed E-state index contributed by atoms with van der Waals surface area (Å²) >= 11 is 6.05. The number of carbonyl (C=O) groups excluding carboxylic acids is 1. The molecule has 3 aromatic rings. The molecule has 1 amide bonds. The highest BCUT2D eigenvalue weighted by atomic mass is 35.5. The maximum absolute atomic E-state index is 13.2. The van der Waals surface area contributed by atoms with Crippen LogP contribution in [0.1, 0.15) is 11.4 Å². The molecule has 0 radical (unpaired) electrons. The lowest BCUT2D eigenvalue weighted by Crippen LogP contribution is -2.36. The first-order valence-corrected chi connectivity index (χ1v) is 7.55. The van der Waals surface area contributed by atoms with E-state index in [1.807, 2.05) is 0 Å². The van der Waals surface area contributed by atoms with Crippen molar-refractivity contribution < 1.29 is 9.18 Å². The summed E-state index contributed by atoms with van der Waals surface area (Å²) in [5.41, 5.74) is 2.97. The van der Waals surface area contributed by atoms with Gasteiger partial charge in [0, 0.05) is 0 Å². The molecule has 7 heteroatoms. The Labute approximate surface area is 141 Å². The van der Waals surface area contributed by atoms with Crippen LogP contribution in [0.5, 0.6) is 0 Å². The number of rotatable bonds is 3. The van der Waals surface area contributed by atoms with Crippen LogP contribution in [-0.2, 0) is 11.2 Å². The zero-order valence-corrected chi connectivity index (χ0v) is 13.5. The molecule has 2 aromatic carbocycles. The first kappa shape index (κ1) is 16.1. The Kier molecular flexibility index (Phi) is 4.31. The van der Waals surface area contributed by atoms with E-state index in [1.165, 1.54) is 18.2 Å². The van der Waals surface area contributed by atoms with Gasteiger partial charge in [0.15, 0.2) is 0 Å². The monoisotopic (exact) mass is 345 g/mol. The van der Waals surface area contributed by atoms with Gasteiger partial charge in [-0.2, -0.15) is 0 Å². The molecule has 0 aliphatic carbocycles. The average Bonchev–Trinajstić information content (AvgIpc) is 2.52. The summed E-state index contributed by atoms with van der Waals surface area (Å²) in [6, 6.07) is 10.6. The van der Waals surface area contributed by atoms with Gasteiger partial charge in [-0.3, -0.25) is 15.0 Å². The van der Waals surface area contributed by atoms with E-state index in [0.29, 0.717) is 27.3 Å². The summed E-state index contributed by atoms with van der Waals surface area (Å²) in [5.74, 6) is -0.571. The van der Waals surface area contributed by atoms with Crippen LogP contribution in [-0.4, -0.2) is 15.6 Å². The summed E-state index contributed by atoms with van der Waals surface area (Å²) in [4.78, 5) is 29.0. The Balaban J connectivity index is 1.92. The molecule has 24 heavy (non-hydrogen) atoms. The molecule has 0 aliphatic rings. The number of fused-ring (bicyclic) bond motifs is 1. The van der Waals surface area contributed by atoms with Crippen LogP contribution in [0.4, 0.5) is 4.39 Å². The molecule has 3 rings (SSSR count). The van der Waals surface area contributed by atoms with Crippen molar-refractivity contribution in [3.8, 4) is 0 Å². The fraction of sp³-hybridized carbons (Fsp3) is 0.118. The van der Waals surface area contributed by atoms with Crippen molar-refractivity contribution in [2.24, 2.45) is 0 Å². The number of para-hydroxylation sites is 1. The van der Waals surface area contributed by atoms with Crippen molar-refractivity contribution in [1.82, 2.24) is 9.66 Å². The molecule has 5 nitrogen and oxygen atoms in total. The normalized spacial score (nSPS) is 10.8. The fourth-order valence-corrected chi connectivity index (χ4v) is 2.63. The van der Waals surface area contributed by atoms with E-state index in [4.69, 9.17) is 11.6 Å². The van der Waals surface area contributed by atoms with E-state index in [-0.39, 0.29) is 6.42 Å². The van der Waals surface area contributed by atoms with E-state index in [1.54, 1.807) is 31.2 Å².